The van der Waals surface area contributed by atoms with E-state index in [2.05, 4.69) is 20.2 Å². The van der Waals surface area contributed by atoms with E-state index in [1.165, 1.54) is 0 Å². The highest BCUT2D eigenvalue weighted by Crippen LogP contribution is 2.23. The Kier molecular flexibility index (Phi) is 3.31. The van der Waals surface area contributed by atoms with Crippen LogP contribution in [0, 0.1) is 0 Å². The smallest absolute Gasteiger partial charge is 0.253 e. The lowest BCUT2D eigenvalue weighted by molar-refractivity contribution is 0.0942. The predicted octanol–water partition coefficient (Wildman–Crippen LogP) is 2.63. The fourth-order valence-corrected chi connectivity index (χ4v) is 3.63. The predicted molar refractivity (Wildman–Crippen MR) is 88.5 cm³/mol. The topological polar surface area (TPSA) is 61.0 Å². The number of fused-ring (bicyclic) bond motifs is 1. The van der Waals surface area contributed by atoms with Crippen molar-refractivity contribution in [3.63, 3.8) is 0 Å². The number of nitrogens with zero attached hydrogens (tertiary/aromatic N) is 2. The van der Waals surface area contributed by atoms with Crippen LogP contribution in [0.15, 0.2) is 42.0 Å². The summed E-state index contributed by atoms with van der Waals surface area (Å²) in [6.07, 6.45) is 4.55. The lowest BCUT2D eigenvalue weighted by Crippen LogP contribution is -2.37. The second-order valence-corrected chi connectivity index (χ2v) is 6.34. The van der Waals surface area contributed by atoms with Crippen LogP contribution < -0.4 is 10.2 Å². The van der Waals surface area contributed by atoms with E-state index in [0.717, 1.165) is 35.5 Å². The summed E-state index contributed by atoms with van der Waals surface area (Å²) >= 11 is 1.64. The maximum Gasteiger partial charge on any atom is 0.253 e. The zero-order valence-corrected chi connectivity index (χ0v) is 12.8. The van der Waals surface area contributed by atoms with Gasteiger partial charge >= 0.3 is 0 Å². The van der Waals surface area contributed by atoms with Gasteiger partial charge in [0, 0.05) is 47.8 Å². The van der Waals surface area contributed by atoms with Gasteiger partial charge in [0.2, 0.25) is 0 Å². The Labute approximate surface area is 132 Å². The van der Waals surface area contributed by atoms with Gasteiger partial charge in [-0.3, -0.25) is 4.79 Å². The summed E-state index contributed by atoms with van der Waals surface area (Å²) in [4.78, 5) is 22.2. The number of aromatic amines is 1. The standard InChI is InChI=1S/C16H16N4OS/c21-15(13-9-18-14-4-2-1-3-12(13)14)19-11-5-7-20(10-11)16-17-6-8-22-16/h1-4,6,8-9,11,18H,5,7,10H2,(H,19,21). The molecule has 1 saturated heterocycles. The molecule has 0 saturated carbocycles. The van der Waals surface area contributed by atoms with E-state index in [9.17, 15) is 4.79 Å². The molecule has 1 atom stereocenters. The summed E-state index contributed by atoms with van der Waals surface area (Å²) in [5, 5.41) is 7.12. The van der Waals surface area contributed by atoms with Gasteiger partial charge in [-0.15, -0.1) is 11.3 Å². The van der Waals surface area contributed by atoms with Gasteiger partial charge < -0.3 is 15.2 Å². The SMILES string of the molecule is O=C(NC1CCN(c2nccs2)C1)c1c[nH]c2ccccc12. The number of anilines is 1. The molecule has 2 N–H and O–H groups in total. The van der Waals surface area contributed by atoms with E-state index in [4.69, 9.17) is 0 Å². The van der Waals surface area contributed by atoms with Crippen molar-refractivity contribution in [2.75, 3.05) is 18.0 Å². The van der Waals surface area contributed by atoms with Crippen molar-refractivity contribution in [2.24, 2.45) is 0 Å². The number of nitrogens with one attached hydrogen (secondary N) is 2. The number of H-pyrrole nitrogens is 1. The molecule has 0 aliphatic carbocycles. The van der Waals surface area contributed by atoms with Crippen molar-refractivity contribution in [1.82, 2.24) is 15.3 Å². The molecule has 2 aromatic heterocycles. The molecule has 1 aliphatic heterocycles. The molecule has 1 unspecified atom stereocenters. The van der Waals surface area contributed by atoms with Crippen LogP contribution >= 0.6 is 11.3 Å². The maximum atomic E-state index is 12.5. The molecule has 22 heavy (non-hydrogen) atoms. The first kappa shape index (κ1) is 13.3. The van der Waals surface area contributed by atoms with E-state index < -0.39 is 0 Å². The normalized spacial score (nSPS) is 18.0. The van der Waals surface area contributed by atoms with E-state index in [1.807, 2.05) is 35.8 Å². The summed E-state index contributed by atoms with van der Waals surface area (Å²) in [6.45, 7) is 1.76. The van der Waals surface area contributed by atoms with Crippen molar-refractivity contribution < 1.29 is 4.79 Å². The third-order valence-electron chi connectivity index (χ3n) is 4.05. The number of hydrogen-bond acceptors (Lipinski definition) is 4. The van der Waals surface area contributed by atoms with Crippen LogP contribution in [0.1, 0.15) is 16.8 Å². The van der Waals surface area contributed by atoms with E-state index in [0.29, 0.717) is 5.56 Å². The summed E-state index contributed by atoms with van der Waals surface area (Å²) in [5.74, 6) is -0.0107. The molecule has 1 aromatic carbocycles. The Balaban J connectivity index is 1.47. The number of benzene rings is 1. The van der Waals surface area contributed by atoms with Gasteiger partial charge in [-0.2, -0.15) is 0 Å². The molecular weight excluding hydrogens is 296 g/mol. The minimum atomic E-state index is -0.0107. The van der Waals surface area contributed by atoms with Crippen LogP contribution in [0.25, 0.3) is 10.9 Å². The minimum absolute atomic E-state index is 0.0107. The third-order valence-corrected chi connectivity index (χ3v) is 4.88. The van der Waals surface area contributed by atoms with Gasteiger partial charge in [0.15, 0.2) is 5.13 Å². The Morgan fingerprint density at radius 2 is 2.32 bits per heavy atom. The Hall–Kier alpha value is -2.34. The largest absolute Gasteiger partial charge is 0.360 e. The summed E-state index contributed by atoms with van der Waals surface area (Å²) in [5.41, 5.74) is 1.70. The number of para-hydroxylation sites is 1. The molecule has 1 fully saturated rings. The number of aromatic nitrogens is 2. The quantitative estimate of drug-likeness (QED) is 0.781. The van der Waals surface area contributed by atoms with Crippen LogP contribution in [-0.2, 0) is 0 Å². The van der Waals surface area contributed by atoms with Crippen LogP contribution in [0.3, 0.4) is 0 Å². The maximum absolute atomic E-state index is 12.5. The molecule has 3 heterocycles. The van der Waals surface area contributed by atoms with Gasteiger partial charge in [0.05, 0.1) is 5.56 Å². The highest BCUT2D eigenvalue weighted by Gasteiger charge is 2.26. The van der Waals surface area contributed by atoms with Crippen LogP contribution in [0.2, 0.25) is 0 Å². The molecule has 0 bridgehead atoms. The van der Waals surface area contributed by atoms with Crippen LogP contribution in [0.5, 0.6) is 0 Å². The molecule has 0 radical (unpaired) electrons. The van der Waals surface area contributed by atoms with Crippen LogP contribution in [0.4, 0.5) is 5.13 Å². The molecule has 5 nitrogen and oxygen atoms in total. The minimum Gasteiger partial charge on any atom is -0.360 e. The first-order chi connectivity index (χ1) is 10.8. The fraction of sp³-hybridized carbons (Fsp3) is 0.250. The van der Waals surface area contributed by atoms with Gasteiger partial charge in [0.1, 0.15) is 0 Å². The first-order valence-electron chi connectivity index (χ1n) is 7.33. The van der Waals surface area contributed by atoms with E-state index in [1.54, 1.807) is 17.5 Å². The van der Waals surface area contributed by atoms with E-state index in [-0.39, 0.29) is 11.9 Å². The molecule has 6 heteroatoms. The lowest BCUT2D eigenvalue weighted by Gasteiger charge is -2.15. The molecule has 4 rings (SSSR count). The average Bonchev–Trinajstić information content (AvgIpc) is 3.27. The zero-order valence-electron chi connectivity index (χ0n) is 12.0. The summed E-state index contributed by atoms with van der Waals surface area (Å²) < 4.78 is 0. The van der Waals surface area contributed by atoms with Crippen molar-refractivity contribution in [1.29, 1.82) is 0 Å². The van der Waals surface area contributed by atoms with Gasteiger partial charge in [-0.25, -0.2) is 4.98 Å². The molecule has 0 spiro atoms. The molecule has 1 amide bonds. The second-order valence-electron chi connectivity index (χ2n) is 5.47. The first-order valence-corrected chi connectivity index (χ1v) is 8.20. The van der Waals surface area contributed by atoms with Gasteiger partial charge in [0.25, 0.3) is 5.91 Å². The highest BCUT2D eigenvalue weighted by molar-refractivity contribution is 7.13. The molecular formula is C16H16N4OS. The number of thiazole rings is 1. The number of carbonyl (C=O) groups is 1. The number of carbonyl (C=O) groups excluding carboxylic acids is 1. The Bertz CT molecular complexity index is 795. The zero-order chi connectivity index (χ0) is 14.9. The number of amides is 1. The third kappa shape index (κ3) is 2.35. The van der Waals surface area contributed by atoms with Crippen molar-refractivity contribution >= 4 is 33.3 Å². The van der Waals surface area contributed by atoms with Crippen molar-refractivity contribution in [3.05, 3.63) is 47.6 Å². The second kappa shape index (κ2) is 5.46. The number of rotatable bonds is 3. The number of hydrogen-bond donors (Lipinski definition) is 2. The fourth-order valence-electron chi connectivity index (χ4n) is 2.95. The van der Waals surface area contributed by atoms with Gasteiger partial charge in [-0.05, 0) is 12.5 Å². The van der Waals surface area contributed by atoms with Crippen molar-refractivity contribution in [2.45, 2.75) is 12.5 Å². The highest BCUT2D eigenvalue weighted by atomic mass is 32.1. The summed E-state index contributed by atoms with van der Waals surface area (Å²) in [7, 11) is 0. The van der Waals surface area contributed by atoms with Gasteiger partial charge in [-0.1, -0.05) is 18.2 Å². The van der Waals surface area contributed by atoms with Crippen LogP contribution in [-0.4, -0.2) is 35.0 Å². The molecule has 112 valence electrons. The lowest BCUT2D eigenvalue weighted by atomic mass is 10.1. The monoisotopic (exact) mass is 312 g/mol. The Morgan fingerprint density at radius 3 is 3.18 bits per heavy atom. The molecule has 1 aliphatic rings. The average molecular weight is 312 g/mol. The van der Waals surface area contributed by atoms with E-state index >= 15 is 0 Å². The molecule has 3 aromatic rings. The Morgan fingerprint density at radius 1 is 1.41 bits per heavy atom. The van der Waals surface area contributed by atoms with Crippen molar-refractivity contribution in [3.8, 4) is 0 Å². The summed E-state index contributed by atoms with van der Waals surface area (Å²) in [6, 6.07) is 8.03.